The minimum Gasteiger partial charge on any atom is -0.388 e. The standard InChI is InChI=1S/C14H10BrClF2O/c15-11-3-2-10(17)5-9(11)7-14(19)8-1-4-12(16)13(18)6-8/h1-6,14,19H,7H2. The summed E-state index contributed by atoms with van der Waals surface area (Å²) in [4.78, 5) is 0. The van der Waals surface area contributed by atoms with Gasteiger partial charge in [-0.1, -0.05) is 33.6 Å². The van der Waals surface area contributed by atoms with Crippen molar-refractivity contribution in [3.63, 3.8) is 0 Å². The summed E-state index contributed by atoms with van der Waals surface area (Å²) >= 11 is 8.86. The van der Waals surface area contributed by atoms with Crippen LogP contribution in [-0.2, 0) is 6.42 Å². The van der Waals surface area contributed by atoms with Crippen LogP contribution in [0.4, 0.5) is 8.78 Å². The second-order valence-corrected chi connectivity index (χ2v) is 5.39. The van der Waals surface area contributed by atoms with Gasteiger partial charge in [0.15, 0.2) is 0 Å². The molecule has 0 heterocycles. The van der Waals surface area contributed by atoms with E-state index in [0.29, 0.717) is 15.6 Å². The zero-order chi connectivity index (χ0) is 14.0. The summed E-state index contributed by atoms with van der Waals surface area (Å²) in [5.74, 6) is -0.968. The van der Waals surface area contributed by atoms with Gasteiger partial charge >= 0.3 is 0 Å². The van der Waals surface area contributed by atoms with Gasteiger partial charge in [0.2, 0.25) is 0 Å². The van der Waals surface area contributed by atoms with E-state index < -0.39 is 11.9 Å². The maximum absolute atomic E-state index is 13.3. The molecule has 2 rings (SSSR count). The van der Waals surface area contributed by atoms with Crippen molar-refractivity contribution in [1.29, 1.82) is 0 Å². The third kappa shape index (κ3) is 3.53. The second kappa shape index (κ2) is 5.99. The second-order valence-electron chi connectivity index (χ2n) is 4.13. The van der Waals surface area contributed by atoms with Crippen LogP contribution in [0.15, 0.2) is 40.9 Å². The Morgan fingerprint density at radius 1 is 1.16 bits per heavy atom. The molecule has 0 saturated heterocycles. The smallest absolute Gasteiger partial charge is 0.142 e. The van der Waals surface area contributed by atoms with Crippen LogP contribution >= 0.6 is 27.5 Å². The molecule has 0 aliphatic heterocycles. The first kappa shape index (κ1) is 14.4. The predicted octanol–water partition coefficient (Wildman–Crippen LogP) is 4.66. The van der Waals surface area contributed by atoms with Gasteiger partial charge in [-0.05, 0) is 41.5 Å². The highest BCUT2D eigenvalue weighted by molar-refractivity contribution is 9.10. The first-order chi connectivity index (χ1) is 8.97. The summed E-state index contributed by atoms with van der Waals surface area (Å²) in [6.07, 6.45) is -0.746. The largest absolute Gasteiger partial charge is 0.388 e. The van der Waals surface area contributed by atoms with Gasteiger partial charge in [-0.3, -0.25) is 0 Å². The summed E-state index contributed by atoms with van der Waals surface area (Å²) in [5.41, 5.74) is 1.01. The minimum atomic E-state index is -0.926. The van der Waals surface area contributed by atoms with Crippen molar-refractivity contribution in [2.75, 3.05) is 0 Å². The molecule has 0 bridgehead atoms. The highest BCUT2D eigenvalue weighted by Gasteiger charge is 2.13. The fourth-order valence-corrected chi connectivity index (χ4v) is 2.27. The highest BCUT2D eigenvalue weighted by atomic mass is 79.9. The van der Waals surface area contributed by atoms with Crippen molar-refractivity contribution < 1.29 is 13.9 Å². The van der Waals surface area contributed by atoms with Gasteiger partial charge in [0.05, 0.1) is 11.1 Å². The maximum atomic E-state index is 13.3. The van der Waals surface area contributed by atoms with E-state index in [1.165, 1.54) is 24.3 Å². The van der Waals surface area contributed by atoms with E-state index in [2.05, 4.69) is 15.9 Å². The van der Waals surface area contributed by atoms with E-state index in [1.807, 2.05) is 0 Å². The lowest BCUT2D eigenvalue weighted by atomic mass is 10.0. The van der Waals surface area contributed by atoms with Gasteiger partial charge in [-0.25, -0.2) is 8.78 Å². The summed E-state index contributed by atoms with van der Waals surface area (Å²) in [6, 6.07) is 8.33. The fraction of sp³-hybridized carbons (Fsp3) is 0.143. The Labute approximate surface area is 123 Å². The van der Waals surface area contributed by atoms with E-state index >= 15 is 0 Å². The molecule has 1 nitrogen and oxygen atoms in total. The Bertz CT molecular complexity index is 604. The number of hydrogen-bond acceptors (Lipinski definition) is 1. The predicted molar refractivity (Wildman–Crippen MR) is 74.2 cm³/mol. The Morgan fingerprint density at radius 2 is 1.89 bits per heavy atom. The zero-order valence-corrected chi connectivity index (χ0v) is 12.0. The highest BCUT2D eigenvalue weighted by Crippen LogP contribution is 2.26. The quantitative estimate of drug-likeness (QED) is 0.856. The number of rotatable bonds is 3. The molecular weight excluding hydrogens is 338 g/mol. The maximum Gasteiger partial charge on any atom is 0.142 e. The summed E-state index contributed by atoms with van der Waals surface area (Å²) < 4.78 is 27.1. The molecule has 1 unspecified atom stereocenters. The molecule has 1 N–H and O–H groups in total. The average Bonchev–Trinajstić information content (AvgIpc) is 2.37. The Hall–Kier alpha value is -0.970. The molecule has 0 spiro atoms. The van der Waals surface area contributed by atoms with Gasteiger partial charge < -0.3 is 5.11 Å². The van der Waals surface area contributed by atoms with Crippen LogP contribution in [0.3, 0.4) is 0 Å². The number of halogens is 4. The van der Waals surface area contributed by atoms with Crippen molar-refractivity contribution in [1.82, 2.24) is 0 Å². The van der Waals surface area contributed by atoms with Crippen LogP contribution in [-0.4, -0.2) is 5.11 Å². The summed E-state index contributed by atoms with van der Waals surface area (Å²) in [7, 11) is 0. The molecule has 2 aromatic carbocycles. The summed E-state index contributed by atoms with van der Waals surface area (Å²) in [5, 5.41) is 10.1. The monoisotopic (exact) mass is 346 g/mol. The Morgan fingerprint density at radius 3 is 2.58 bits per heavy atom. The molecule has 2 aromatic rings. The van der Waals surface area contributed by atoms with Gasteiger partial charge in [-0.15, -0.1) is 0 Å². The molecule has 5 heteroatoms. The lowest BCUT2D eigenvalue weighted by Gasteiger charge is -2.13. The molecule has 0 aromatic heterocycles. The van der Waals surface area contributed by atoms with Crippen LogP contribution in [0.25, 0.3) is 0 Å². The van der Waals surface area contributed by atoms with Gasteiger partial charge in [0.25, 0.3) is 0 Å². The van der Waals surface area contributed by atoms with Crippen molar-refractivity contribution in [3.05, 3.63) is 68.7 Å². The first-order valence-electron chi connectivity index (χ1n) is 5.54. The number of benzene rings is 2. The molecule has 0 saturated carbocycles. The van der Waals surface area contributed by atoms with E-state index in [9.17, 15) is 13.9 Å². The van der Waals surface area contributed by atoms with Gasteiger partial charge in [0, 0.05) is 10.9 Å². The van der Waals surface area contributed by atoms with E-state index in [1.54, 1.807) is 12.1 Å². The van der Waals surface area contributed by atoms with Crippen molar-refractivity contribution in [3.8, 4) is 0 Å². The Kier molecular flexibility index (Phi) is 4.55. The topological polar surface area (TPSA) is 20.2 Å². The molecule has 19 heavy (non-hydrogen) atoms. The van der Waals surface area contributed by atoms with Crippen molar-refractivity contribution >= 4 is 27.5 Å². The van der Waals surface area contributed by atoms with Crippen molar-refractivity contribution in [2.24, 2.45) is 0 Å². The lowest BCUT2D eigenvalue weighted by molar-refractivity contribution is 0.177. The van der Waals surface area contributed by atoms with E-state index in [-0.39, 0.29) is 17.3 Å². The molecule has 0 aliphatic carbocycles. The normalized spacial score (nSPS) is 12.5. The molecule has 0 aliphatic rings. The molecule has 0 fully saturated rings. The fourth-order valence-electron chi connectivity index (χ4n) is 1.75. The molecular formula is C14H10BrClF2O. The summed E-state index contributed by atoms with van der Waals surface area (Å²) in [6.45, 7) is 0. The number of hydrogen-bond donors (Lipinski definition) is 1. The number of aliphatic hydroxyl groups excluding tert-OH is 1. The SMILES string of the molecule is OC(Cc1cc(F)ccc1Br)c1ccc(Cl)c(F)c1. The van der Waals surface area contributed by atoms with E-state index in [4.69, 9.17) is 11.6 Å². The first-order valence-corrected chi connectivity index (χ1v) is 6.71. The number of aliphatic hydroxyl groups is 1. The lowest BCUT2D eigenvalue weighted by Crippen LogP contribution is -2.03. The van der Waals surface area contributed by atoms with Crippen LogP contribution in [0, 0.1) is 11.6 Å². The van der Waals surface area contributed by atoms with Gasteiger partial charge in [-0.2, -0.15) is 0 Å². The molecule has 100 valence electrons. The Balaban J connectivity index is 2.22. The van der Waals surface area contributed by atoms with Crippen LogP contribution < -0.4 is 0 Å². The van der Waals surface area contributed by atoms with Crippen LogP contribution in [0.5, 0.6) is 0 Å². The van der Waals surface area contributed by atoms with Gasteiger partial charge in [0.1, 0.15) is 11.6 Å². The third-order valence-corrected chi connectivity index (χ3v) is 3.83. The van der Waals surface area contributed by atoms with Crippen LogP contribution in [0.1, 0.15) is 17.2 Å². The molecule has 0 amide bonds. The molecule has 0 radical (unpaired) electrons. The minimum absolute atomic E-state index is 0.00267. The van der Waals surface area contributed by atoms with Crippen molar-refractivity contribution in [2.45, 2.75) is 12.5 Å². The zero-order valence-electron chi connectivity index (χ0n) is 9.71. The average molecular weight is 348 g/mol. The third-order valence-electron chi connectivity index (χ3n) is 2.75. The molecule has 1 atom stereocenters. The van der Waals surface area contributed by atoms with E-state index in [0.717, 1.165) is 0 Å². The van der Waals surface area contributed by atoms with Crippen LogP contribution in [0.2, 0.25) is 5.02 Å².